The second-order valence-electron chi connectivity index (χ2n) is 5.30. The molecule has 3 rings (SSSR count). The normalized spacial score (nSPS) is 10.9. The van der Waals surface area contributed by atoms with Crippen molar-refractivity contribution in [2.24, 2.45) is 5.10 Å². The molecule has 2 aromatic carbocycles. The summed E-state index contributed by atoms with van der Waals surface area (Å²) < 4.78 is 13.7. The highest BCUT2D eigenvalue weighted by atomic mass is 35.5. The van der Waals surface area contributed by atoms with Gasteiger partial charge in [0.05, 0.1) is 16.9 Å². The predicted octanol–water partition coefficient (Wildman–Crippen LogP) is 5.01. The van der Waals surface area contributed by atoms with Crippen molar-refractivity contribution in [3.63, 3.8) is 0 Å². The molecule has 3 aromatic rings. The Kier molecular flexibility index (Phi) is 5.60. The highest BCUT2D eigenvalue weighted by Gasteiger charge is 2.06. The van der Waals surface area contributed by atoms with E-state index in [9.17, 15) is 9.18 Å². The van der Waals surface area contributed by atoms with Gasteiger partial charge < -0.3 is 5.32 Å². The maximum absolute atomic E-state index is 13.7. The van der Waals surface area contributed by atoms with Crippen molar-refractivity contribution in [1.29, 1.82) is 0 Å². The Balaban J connectivity index is 1.68. The summed E-state index contributed by atoms with van der Waals surface area (Å²) in [5, 5.41) is 9.43. The highest BCUT2D eigenvalue weighted by molar-refractivity contribution is 7.14. The van der Waals surface area contributed by atoms with Crippen molar-refractivity contribution in [3.8, 4) is 11.3 Å². The monoisotopic (exact) mass is 388 g/mol. The van der Waals surface area contributed by atoms with Gasteiger partial charge in [0.15, 0.2) is 0 Å². The lowest BCUT2D eigenvalue weighted by atomic mass is 10.1. The number of aromatic nitrogens is 1. The number of hydrogen-bond acceptors (Lipinski definition) is 5. The first-order chi connectivity index (χ1) is 12.5. The van der Waals surface area contributed by atoms with Crippen LogP contribution < -0.4 is 10.7 Å². The maximum atomic E-state index is 13.7. The summed E-state index contributed by atoms with van der Waals surface area (Å²) in [6, 6.07) is 11.8. The van der Waals surface area contributed by atoms with Gasteiger partial charge >= 0.3 is 0 Å². The lowest BCUT2D eigenvalue weighted by molar-refractivity contribution is -0.114. The van der Waals surface area contributed by atoms with Gasteiger partial charge in [-0.1, -0.05) is 29.8 Å². The number of anilines is 2. The standard InChI is InChI=1S/C18H14ClFN4OS/c1-11(25)22-13-7-5-12(6-8-13)17-10-26-18(23-17)24-21-9-14-15(19)3-2-4-16(14)20/h2-10H,1H3,(H,22,25)(H,23,24)/b21-9-. The molecule has 0 spiro atoms. The minimum Gasteiger partial charge on any atom is -0.326 e. The van der Waals surface area contributed by atoms with Crippen molar-refractivity contribution >= 4 is 45.9 Å². The molecule has 1 amide bonds. The second kappa shape index (κ2) is 8.07. The number of hydrogen-bond donors (Lipinski definition) is 2. The minimum absolute atomic E-state index is 0.120. The summed E-state index contributed by atoms with van der Waals surface area (Å²) in [4.78, 5) is 15.5. The third kappa shape index (κ3) is 4.44. The van der Waals surface area contributed by atoms with Gasteiger partial charge in [0.2, 0.25) is 11.0 Å². The van der Waals surface area contributed by atoms with Crippen LogP contribution in [0.1, 0.15) is 12.5 Å². The Morgan fingerprint density at radius 1 is 1.27 bits per heavy atom. The summed E-state index contributed by atoms with van der Waals surface area (Å²) in [5.74, 6) is -0.562. The van der Waals surface area contributed by atoms with E-state index in [0.717, 1.165) is 16.9 Å². The topological polar surface area (TPSA) is 66.4 Å². The number of rotatable bonds is 5. The molecule has 8 heteroatoms. The molecule has 0 saturated heterocycles. The summed E-state index contributed by atoms with van der Waals surface area (Å²) in [6.07, 6.45) is 1.32. The number of halogens is 2. The van der Waals surface area contributed by atoms with E-state index in [2.05, 4.69) is 20.8 Å². The van der Waals surface area contributed by atoms with Crippen LogP contribution in [0.5, 0.6) is 0 Å². The Morgan fingerprint density at radius 2 is 2.04 bits per heavy atom. The molecule has 0 aliphatic rings. The van der Waals surface area contributed by atoms with E-state index < -0.39 is 5.82 Å². The number of benzene rings is 2. The molecular weight excluding hydrogens is 375 g/mol. The quantitative estimate of drug-likeness (QED) is 0.477. The number of carbonyl (C=O) groups excluding carboxylic acids is 1. The first kappa shape index (κ1) is 18.0. The Labute approximate surface area is 158 Å². The van der Waals surface area contributed by atoms with Crippen molar-refractivity contribution in [3.05, 3.63) is 64.2 Å². The number of nitrogens with zero attached hydrogens (tertiary/aromatic N) is 2. The maximum Gasteiger partial charge on any atom is 0.221 e. The van der Waals surface area contributed by atoms with Gasteiger partial charge in [0, 0.05) is 29.1 Å². The molecule has 1 aromatic heterocycles. The molecule has 0 aliphatic heterocycles. The summed E-state index contributed by atoms with van der Waals surface area (Å²) >= 11 is 7.31. The molecule has 0 atom stereocenters. The SMILES string of the molecule is CC(=O)Nc1ccc(-c2csc(N/N=C\c3c(F)cccc3Cl)n2)cc1. The van der Waals surface area contributed by atoms with Gasteiger partial charge in [-0.2, -0.15) is 5.10 Å². The second-order valence-corrected chi connectivity index (χ2v) is 6.57. The Bertz CT molecular complexity index is 936. The number of hydrazone groups is 1. The van der Waals surface area contributed by atoms with Crippen molar-refractivity contribution in [2.45, 2.75) is 6.92 Å². The van der Waals surface area contributed by atoms with Gasteiger partial charge in [0.1, 0.15) is 5.82 Å². The van der Waals surface area contributed by atoms with Gasteiger partial charge in [0.25, 0.3) is 0 Å². The minimum atomic E-state index is -0.442. The fourth-order valence-corrected chi connectivity index (χ4v) is 3.05. The predicted molar refractivity (Wildman–Crippen MR) is 104 cm³/mol. The number of thiazole rings is 1. The summed E-state index contributed by atoms with van der Waals surface area (Å²) in [7, 11) is 0. The lowest BCUT2D eigenvalue weighted by Crippen LogP contribution is -2.05. The van der Waals surface area contributed by atoms with Crippen LogP contribution in [0.25, 0.3) is 11.3 Å². The van der Waals surface area contributed by atoms with Crippen LogP contribution in [-0.4, -0.2) is 17.1 Å². The van der Waals surface area contributed by atoms with Crippen molar-refractivity contribution < 1.29 is 9.18 Å². The van der Waals surface area contributed by atoms with Crippen molar-refractivity contribution in [1.82, 2.24) is 4.98 Å². The van der Waals surface area contributed by atoms with Crippen LogP contribution in [0.15, 0.2) is 52.9 Å². The molecule has 0 fully saturated rings. The van der Waals surface area contributed by atoms with Crippen LogP contribution in [0.3, 0.4) is 0 Å². The van der Waals surface area contributed by atoms with Crippen molar-refractivity contribution in [2.75, 3.05) is 10.7 Å². The fourth-order valence-electron chi connectivity index (χ4n) is 2.17. The van der Waals surface area contributed by atoms with Crippen LogP contribution in [0.4, 0.5) is 15.2 Å². The first-order valence-electron chi connectivity index (χ1n) is 7.59. The molecule has 26 heavy (non-hydrogen) atoms. The molecule has 0 saturated carbocycles. The first-order valence-corrected chi connectivity index (χ1v) is 8.85. The van der Waals surface area contributed by atoms with E-state index in [4.69, 9.17) is 11.6 Å². The lowest BCUT2D eigenvalue weighted by Gasteiger charge is -2.02. The molecule has 2 N–H and O–H groups in total. The molecule has 0 bridgehead atoms. The summed E-state index contributed by atoms with van der Waals surface area (Å²) in [5.41, 5.74) is 5.38. The van der Waals surface area contributed by atoms with E-state index in [1.165, 1.54) is 36.6 Å². The fraction of sp³-hybridized carbons (Fsp3) is 0.0556. The number of nitrogens with one attached hydrogen (secondary N) is 2. The third-order valence-corrected chi connectivity index (χ3v) is 4.44. The largest absolute Gasteiger partial charge is 0.326 e. The van der Waals surface area contributed by atoms with Crippen LogP contribution >= 0.6 is 22.9 Å². The number of amides is 1. The van der Waals surface area contributed by atoms with E-state index in [-0.39, 0.29) is 16.5 Å². The van der Waals surface area contributed by atoms with Crippen LogP contribution in [0, 0.1) is 5.82 Å². The van der Waals surface area contributed by atoms with E-state index in [1.54, 1.807) is 6.07 Å². The molecular formula is C18H14ClFN4OS. The highest BCUT2D eigenvalue weighted by Crippen LogP contribution is 2.26. The molecule has 132 valence electrons. The molecule has 1 heterocycles. The average Bonchev–Trinajstić information content (AvgIpc) is 3.06. The average molecular weight is 389 g/mol. The molecule has 0 radical (unpaired) electrons. The van der Waals surface area contributed by atoms with E-state index in [1.807, 2.05) is 29.6 Å². The van der Waals surface area contributed by atoms with E-state index >= 15 is 0 Å². The van der Waals surface area contributed by atoms with Gasteiger partial charge in [-0.05, 0) is 24.3 Å². The zero-order valence-corrected chi connectivity index (χ0v) is 15.2. The Morgan fingerprint density at radius 3 is 2.73 bits per heavy atom. The molecule has 5 nitrogen and oxygen atoms in total. The van der Waals surface area contributed by atoms with Gasteiger partial charge in [-0.25, -0.2) is 9.37 Å². The third-order valence-electron chi connectivity index (χ3n) is 3.36. The van der Waals surface area contributed by atoms with E-state index in [0.29, 0.717) is 5.13 Å². The van der Waals surface area contributed by atoms with Crippen LogP contribution in [0.2, 0.25) is 5.02 Å². The van der Waals surface area contributed by atoms with Crippen LogP contribution in [-0.2, 0) is 4.79 Å². The smallest absolute Gasteiger partial charge is 0.221 e. The van der Waals surface area contributed by atoms with Gasteiger partial charge in [-0.3, -0.25) is 10.2 Å². The number of carbonyl (C=O) groups is 1. The molecule has 0 unspecified atom stereocenters. The zero-order valence-electron chi connectivity index (χ0n) is 13.7. The molecule has 0 aliphatic carbocycles. The zero-order chi connectivity index (χ0) is 18.5. The van der Waals surface area contributed by atoms with Gasteiger partial charge in [-0.15, -0.1) is 11.3 Å². The summed E-state index contributed by atoms with van der Waals surface area (Å²) in [6.45, 7) is 1.46. The Hall–Kier alpha value is -2.77.